The standard InChI is InChI=1S/C8H10NO2S/c1-2-4-9-7(10)6-3-5-12-8(6)11/h3,5H,2,4H2,1H3,(H,9,10). The summed E-state index contributed by atoms with van der Waals surface area (Å²) in [5.41, 5.74) is 0.258. The summed E-state index contributed by atoms with van der Waals surface area (Å²) < 4.78 is 0. The lowest BCUT2D eigenvalue weighted by Crippen LogP contribution is -2.23. The van der Waals surface area contributed by atoms with Gasteiger partial charge >= 0.3 is 0 Å². The summed E-state index contributed by atoms with van der Waals surface area (Å²) in [6.07, 6.45) is 0.879. The highest BCUT2D eigenvalue weighted by atomic mass is 32.1. The summed E-state index contributed by atoms with van der Waals surface area (Å²) in [4.78, 5) is 11.2. The van der Waals surface area contributed by atoms with E-state index in [2.05, 4.69) is 5.32 Å². The van der Waals surface area contributed by atoms with Gasteiger partial charge in [-0.2, -0.15) is 0 Å². The lowest BCUT2D eigenvalue weighted by molar-refractivity contribution is 0.0950. The van der Waals surface area contributed by atoms with Gasteiger partial charge in [0.1, 0.15) is 0 Å². The molecule has 0 aliphatic carbocycles. The van der Waals surface area contributed by atoms with Gasteiger partial charge < -0.3 is 5.32 Å². The van der Waals surface area contributed by atoms with Crippen LogP contribution in [0.15, 0.2) is 11.4 Å². The van der Waals surface area contributed by atoms with Gasteiger partial charge in [-0.15, -0.1) is 11.3 Å². The Labute approximate surface area is 75.0 Å². The van der Waals surface area contributed by atoms with Gasteiger partial charge in [-0.3, -0.25) is 9.90 Å². The topological polar surface area (TPSA) is 49.0 Å². The maximum absolute atomic E-state index is 11.2. The van der Waals surface area contributed by atoms with E-state index in [1.165, 1.54) is 0 Å². The Morgan fingerprint density at radius 2 is 2.42 bits per heavy atom. The predicted molar refractivity (Wildman–Crippen MR) is 47.1 cm³/mol. The lowest BCUT2D eigenvalue weighted by Gasteiger charge is -1.99. The largest absolute Gasteiger partial charge is 0.352 e. The molecule has 1 radical (unpaired) electrons. The zero-order valence-corrected chi connectivity index (χ0v) is 7.61. The smallest absolute Gasteiger partial charge is 0.256 e. The van der Waals surface area contributed by atoms with Crippen LogP contribution >= 0.6 is 11.3 Å². The zero-order valence-electron chi connectivity index (χ0n) is 6.79. The van der Waals surface area contributed by atoms with E-state index in [9.17, 15) is 9.90 Å². The molecular weight excluding hydrogens is 174 g/mol. The number of hydrogen-bond acceptors (Lipinski definition) is 2. The normalized spacial score (nSPS) is 9.75. The minimum absolute atomic E-state index is 0.163. The third-order valence-corrected chi connectivity index (χ3v) is 2.12. The van der Waals surface area contributed by atoms with Crippen LogP contribution in [0.5, 0.6) is 5.06 Å². The molecule has 0 saturated heterocycles. The highest BCUT2D eigenvalue weighted by molar-refractivity contribution is 7.12. The molecule has 12 heavy (non-hydrogen) atoms. The Morgan fingerprint density at radius 3 is 2.92 bits per heavy atom. The molecule has 1 amide bonds. The SMILES string of the molecule is CCCNC(=O)c1ccsc1[O]. The molecule has 1 N–H and O–H groups in total. The van der Waals surface area contributed by atoms with E-state index < -0.39 is 0 Å². The third kappa shape index (κ3) is 1.98. The van der Waals surface area contributed by atoms with Crippen LogP contribution in [0.25, 0.3) is 0 Å². The molecule has 1 aromatic heterocycles. The summed E-state index contributed by atoms with van der Waals surface area (Å²) in [7, 11) is 0. The fourth-order valence-corrected chi connectivity index (χ4v) is 1.41. The molecule has 0 spiro atoms. The van der Waals surface area contributed by atoms with Crippen LogP contribution in [0.1, 0.15) is 23.7 Å². The molecule has 0 bridgehead atoms. The van der Waals surface area contributed by atoms with Crippen LogP contribution in [0, 0.1) is 0 Å². The van der Waals surface area contributed by atoms with Gasteiger partial charge in [0.15, 0.2) is 0 Å². The summed E-state index contributed by atoms with van der Waals surface area (Å²) >= 11 is 1.05. The van der Waals surface area contributed by atoms with E-state index in [4.69, 9.17) is 0 Å². The van der Waals surface area contributed by atoms with Gasteiger partial charge in [0.2, 0.25) is 5.06 Å². The lowest BCUT2D eigenvalue weighted by atomic mass is 10.3. The van der Waals surface area contributed by atoms with Gasteiger partial charge in [-0.1, -0.05) is 6.92 Å². The Morgan fingerprint density at radius 1 is 1.67 bits per heavy atom. The van der Waals surface area contributed by atoms with Gasteiger partial charge in [0, 0.05) is 6.54 Å². The highest BCUT2D eigenvalue weighted by Crippen LogP contribution is 2.24. The van der Waals surface area contributed by atoms with Crippen LogP contribution < -0.4 is 5.32 Å². The van der Waals surface area contributed by atoms with Crippen molar-refractivity contribution in [3.8, 4) is 5.06 Å². The van der Waals surface area contributed by atoms with Crippen molar-refractivity contribution in [2.75, 3.05) is 6.54 Å². The molecule has 3 nitrogen and oxygen atoms in total. The van der Waals surface area contributed by atoms with Gasteiger partial charge in [0.25, 0.3) is 5.91 Å². The second-order valence-electron chi connectivity index (χ2n) is 2.38. The second-order valence-corrected chi connectivity index (χ2v) is 3.26. The van der Waals surface area contributed by atoms with Gasteiger partial charge in [-0.25, -0.2) is 0 Å². The third-order valence-electron chi connectivity index (χ3n) is 1.41. The monoisotopic (exact) mass is 184 g/mol. The maximum atomic E-state index is 11.2. The number of hydrogen-bond donors (Lipinski definition) is 1. The van der Waals surface area contributed by atoms with Crippen molar-refractivity contribution in [3.05, 3.63) is 17.0 Å². The Hall–Kier alpha value is -1.03. The van der Waals surface area contributed by atoms with Crippen LogP contribution in [0.4, 0.5) is 0 Å². The van der Waals surface area contributed by atoms with E-state index in [0.717, 1.165) is 17.8 Å². The van der Waals surface area contributed by atoms with Crippen LogP contribution in [-0.4, -0.2) is 12.5 Å². The molecule has 0 aliphatic rings. The molecule has 0 aliphatic heterocycles. The fourth-order valence-electron chi connectivity index (χ4n) is 0.798. The number of carbonyl (C=O) groups is 1. The van der Waals surface area contributed by atoms with Crippen molar-refractivity contribution < 1.29 is 9.90 Å². The Kier molecular flexibility index (Phi) is 3.10. The number of rotatable bonds is 3. The summed E-state index contributed by atoms with van der Waals surface area (Å²) in [5.74, 6) is -0.261. The number of thiophene rings is 1. The average molecular weight is 184 g/mol. The molecule has 0 aromatic carbocycles. The van der Waals surface area contributed by atoms with Crippen LogP contribution in [0.3, 0.4) is 0 Å². The molecule has 1 aromatic rings. The molecule has 0 unspecified atom stereocenters. The van der Waals surface area contributed by atoms with Crippen molar-refractivity contribution in [2.24, 2.45) is 0 Å². The quantitative estimate of drug-likeness (QED) is 0.767. The van der Waals surface area contributed by atoms with Crippen LogP contribution in [0.2, 0.25) is 0 Å². The molecule has 1 heterocycles. The van der Waals surface area contributed by atoms with E-state index in [1.54, 1.807) is 11.4 Å². The van der Waals surface area contributed by atoms with Gasteiger partial charge in [0.05, 0.1) is 5.56 Å². The Bertz CT molecular complexity index is 270. The van der Waals surface area contributed by atoms with E-state index in [0.29, 0.717) is 6.54 Å². The predicted octanol–water partition coefficient (Wildman–Crippen LogP) is 2.03. The minimum atomic E-state index is -0.261. The van der Waals surface area contributed by atoms with E-state index in [-0.39, 0.29) is 16.5 Å². The summed E-state index contributed by atoms with van der Waals surface area (Å²) in [5, 5.41) is 15.1. The van der Waals surface area contributed by atoms with E-state index >= 15 is 0 Å². The highest BCUT2D eigenvalue weighted by Gasteiger charge is 2.11. The first-order chi connectivity index (χ1) is 5.75. The number of carbonyl (C=O) groups excluding carboxylic acids is 1. The Balaban J connectivity index is 2.59. The van der Waals surface area contributed by atoms with Gasteiger partial charge in [-0.05, 0) is 17.9 Å². The van der Waals surface area contributed by atoms with E-state index in [1.807, 2.05) is 6.92 Å². The maximum Gasteiger partial charge on any atom is 0.256 e. The van der Waals surface area contributed by atoms with Crippen molar-refractivity contribution in [2.45, 2.75) is 13.3 Å². The first kappa shape index (κ1) is 9.06. The van der Waals surface area contributed by atoms with Crippen LogP contribution in [-0.2, 0) is 5.11 Å². The van der Waals surface area contributed by atoms with Crippen molar-refractivity contribution in [3.63, 3.8) is 0 Å². The summed E-state index contributed by atoms with van der Waals surface area (Å²) in [6.45, 7) is 2.58. The number of nitrogens with one attached hydrogen (secondary N) is 1. The zero-order chi connectivity index (χ0) is 8.97. The first-order valence-corrected chi connectivity index (χ1v) is 4.66. The first-order valence-electron chi connectivity index (χ1n) is 3.78. The van der Waals surface area contributed by atoms with Crippen molar-refractivity contribution in [1.29, 1.82) is 0 Å². The second kappa shape index (κ2) is 4.11. The fraction of sp³-hybridized carbons (Fsp3) is 0.375. The molecular formula is C8H10NO2S. The molecule has 0 atom stereocenters. The molecule has 0 fully saturated rings. The average Bonchev–Trinajstić information content (AvgIpc) is 2.47. The summed E-state index contributed by atoms with van der Waals surface area (Å²) in [6, 6.07) is 1.55. The minimum Gasteiger partial charge on any atom is -0.352 e. The molecule has 1 rings (SSSR count). The van der Waals surface area contributed by atoms with Crippen molar-refractivity contribution >= 4 is 17.2 Å². The molecule has 0 saturated carbocycles. The molecule has 4 heteroatoms. The molecule has 65 valence electrons. The number of amides is 1. The van der Waals surface area contributed by atoms with Crippen molar-refractivity contribution in [1.82, 2.24) is 5.32 Å².